The molecule has 1 fully saturated rings. The average Bonchev–Trinajstić information content (AvgIpc) is 3.34. The van der Waals surface area contributed by atoms with Crippen molar-refractivity contribution in [3.05, 3.63) is 53.5 Å². The van der Waals surface area contributed by atoms with Crippen molar-refractivity contribution in [3.8, 4) is 0 Å². The van der Waals surface area contributed by atoms with Gasteiger partial charge in [-0.15, -0.1) is 0 Å². The Kier molecular flexibility index (Phi) is 6.78. The minimum atomic E-state index is -0.0225. The zero-order valence-electron chi connectivity index (χ0n) is 18.4. The lowest BCUT2D eigenvalue weighted by Crippen LogP contribution is -2.34. The highest BCUT2D eigenvalue weighted by molar-refractivity contribution is 5.95. The van der Waals surface area contributed by atoms with Crippen molar-refractivity contribution < 1.29 is 9.21 Å². The van der Waals surface area contributed by atoms with Crippen LogP contribution in [0.15, 0.2) is 41.0 Å². The Morgan fingerprint density at radius 1 is 1.13 bits per heavy atom. The molecule has 0 radical (unpaired) electrons. The van der Waals surface area contributed by atoms with Gasteiger partial charge in [0.1, 0.15) is 5.76 Å². The molecule has 1 atom stereocenters. The van der Waals surface area contributed by atoms with Gasteiger partial charge in [-0.25, -0.2) is 0 Å². The zero-order valence-corrected chi connectivity index (χ0v) is 18.4. The predicted molar refractivity (Wildman–Crippen MR) is 121 cm³/mol. The van der Waals surface area contributed by atoms with E-state index >= 15 is 0 Å². The molecule has 3 heterocycles. The number of amides is 1. The molecule has 2 aliphatic rings. The molecule has 0 aliphatic carbocycles. The predicted octanol–water partition coefficient (Wildman–Crippen LogP) is 4.47. The van der Waals surface area contributed by atoms with Gasteiger partial charge in [-0.2, -0.15) is 0 Å². The highest BCUT2D eigenvalue weighted by Crippen LogP contribution is 2.33. The molecule has 1 aromatic heterocycles. The van der Waals surface area contributed by atoms with Gasteiger partial charge in [-0.3, -0.25) is 4.79 Å². The zero-order chi connectivity index (χ0) is 20.9. The number of piperidine rings is 1. The maximum atomic E-state index is 12.7. The van der Waals surface area contributed by atoms with E-state index in [9.17, 15) is 4.79 Å². The summed E-state index contributed by atoms with van der Waals surface area (Å²) in [5, 5.41) is 3.09. The number of furan rings is 1. The molecule has 162 valence electrons. The first-order valence-electron chi connectivity index (χ1n) is 11.5. The minimum Gasteiger partial charge on any atom is -0.467 e. The van der Waals surface area contributed by atoms with Crippen LogP contribution in [-0.4, -0.2) is 43.0 Å². The molecule has 1 saturated heterocycles. The molecule has 0 spiro atoms. The third-order valence-corrected chi connectivity index (χ3v) is 6.72. The van der Waals surface area contributed by atoms with Crippen LogP contribution in [0.2, 0.25) is 0 Å². The normalized spacial score (nSPS) is 19.8. The van der Waals surface area contributed by atoms with Gasteiger partial charge < -0.3 is 19.5 Å². The number of carbonyl (C=O) groups excluding carboxylic acids is 1. The monoisotopic (exact) mass is 409 g/mol. The van der Waals surface area contributed by atoms with E-state index in [0.717, 1.165) is 44.0 Å². The second-order valence-electron chi connectivity index (χ2n) is 9.05. The van der Waals surface area contributed by atoms with E-state index in [1.165, 1.54) is 37.2 Å². The van der Waals surface area contributed by atoms with Crippen molar-refractivity contribution in [2.45, 2.75) is 58.5 Å². The summed E-state index contributed by atoms with van der Waals surface area (Å²) in [4.78, 5) is 17.6. The Balaban J connectivity index is 1.25. The highest BCUT2D eigenvalue weighted by Gasteiger charge is 2.28. The van der Waals surface area contributed by atoms with Crippen LogP contribution in [-0.2, 0) is 13.0 Å². The van der Waals surface area contributed by atoms with Gasteiger partial charge in [0.15, 0.2) is 0 Å². The van der Waals surface area contributed by atoms with Crippen molar-refractivity contribution >= 4 is 11.6 Å². The van der Waals surface area contributed by atoms with Crippen LogP contribution in [0.25, 0.3) is 0 Å². The quantitative estimate of drug-likeness (QED) is 0.654. The first kappa shape index (κ1) is 21.0. The molecule has 1 N–H and O–H groups in total. The Morgan fingerprint density at radius 2 is 1.93 bits per heavy atom. The fourth-order valence-electron chi connectivity index (χ4n) is 4.73. The number of anilines is 1. The molecule has 30 heavy (non-hydrogen) atoms. The topological polar surface area (TPSA) is 48.7 Å². The van der Waals surface area contributed by atoms with E-state index in [2.05, 4.69) is 53.2 Å². The third-order valence-electron chi connectivity index (χ3n) is 6.72. The summed E-state index contributed by atoms with van der Waals surface area (Å²) in [7, 11) is 0. The van der Waals surface area contributed by atoms with Gasteiger partial charge in [0.2, 0.25) is 0 Å². The van der Waals surface area contributed by atoms with Gasteiger partial charge >= 0.3 is 0 Å². The molecule has 1 unspecified atom stereocenters. The Morgan fingerprint density at radius 3 is 2.77 bits per heavy atom. The van der Waals surface area contributed by atoms with E-state index in [1.54, 1.807) is 12.3 Å². The molecule has 0 saturated carbocycles. The summed E-state index contributed by atoms with van der Waals surface area (Å²) >= 11 is 0. The summed E-state index contributed by atoms with van der Waals surface area (Å²) < 4.78 is 5.72. The van der Waals surface area contributed by atoms with Crippen molar-refractivity contribution in [2.75, 3.05) is 31.1 Å². The molecule has 2 aliphatic heterocycles. The first-order valence-corrected chi connectivity index (χ1v) is 11.5. The lowest BCUT2D eigenvalue weighted by molar-refractivity contribution is 0.0950. The molecule has 5 nitrogen and oxygen atoms in total. The van der Waals surface area contributed by atoms with Crippen LogP contribution in [0.4, 0.5) is 5.69 Å². The fourth-order valence-corrected chi connectivity index (χ4v) is 4.73. The van der Waals surface area contributed by atoms with E-state index in [1.807, 2.05) is 0 Å². The van der Waals surface area contributed by atoms with Crippen LogP contribution >= 0.6 is 0 Å². The van der Waals surface area contributed by atoms with Gasteiger partial charge in [0.25, 0.3) is 5.91 Å². The smallest absolute Gasteiger partial charge is 0.254 e. The molecule has 5 heteroatoms. The first-order chi connectivity index (χ1) is 14.6. The molecule has 0 bridgehead atoms. The number of carbonyl (C=O) groups is 1. The Hall–Kier alpha value is -2.27. The number of hydrogen-bond donors (Lipinski definition) is 1. The fraction of sp³-hybridized carbons (Fsp3) is 0.560. The van der Waals surface area contributed by atoms with Crippen molar-refractivity contribution in [1.29, 1.82) is 0 Å². The average molecular weight is 410 g/mol. The summed E-state index contributed by atoms with van der Waals surface area (Å²) in [6, 6.07) is 10.7. The minimum absolute atomic E-state index is 0.0225. The van der Waals surface area contributed by atoms with Gasteiger partial charge in [0.05, 0.1) is 18.4 Å². The number of para-hydroxylation sites is 1. The number of likely N-dealkylation sites (tertiary alicyclic amines) is 1. The second kappa shape index (κ2) is 9.69. The van der Waals surface area contributed by atoms with E-state index in [4.69, 9.17) is 4.42 Å². The molecule has 1 aromatic carbocycles. The van der Waals surface area contributed by atoms with Crippen molar-refractivity contribution in [2.24, 2.45) is 5.92 Å². The molecule has 1 amide bonds. The number of unbranched alkanes of at least 4 members (excludes halogenated alkanes) is 1. The van der Waals surface area contributed by atoms with Crippen LogP contribution in [0.3, 0.4) is 0 Å². The van der Waals surface area contributed by atoms with Gasteiger partial charge in [-0.05, 0) is 82.3 Å². The number of hydrogen-bond acceptors (Lipinski definition) is 4. The summed E-state index contributed by atoms with van der Waals surface area (Å²) in [6.07, 6.45) is 7.46. The molecular formula is C25H35N3O2. The maximum Gasteiger partial charge on any atom is 0.254 e. The molecular weight excluding hydrogens is 374 g/mol. The van der Waals surface area contributed by atoms with E-state index < -0.39 is 0 Å². The Bertz CT molecular complexity index is 838. The van der Waals surface area contributed by atoms with E-state index in [-0.39, 0.29) is 5.91 Å². The standard InChI is InChI=1S/C25H35N3O2/c1-19-9-14-27(15-10-19)13-6-5-12-26-25(29)22-11-16-30-24(22)18-28-20(2)17-21-7-3-4-8-23(21)28/h3-4,7-8,11,16,19-20H,5-6,9-10,12-15,17-18H2,1-2H3,(H,26,29). The molecule has 2 aromatic rings. The third kappa shape index (κ3) is 4.89. The lowest BCUT2D eigenvalue weighted by atomic mass is 9.99. The van der Waals surface area contributed by atoms with Gasteiger partial charge in [0, 0.05) is 18.3 Å². The van der Waals surface area contributed by atoms with Crippen molar-refractivity contribution in [3.63, 3.8) is 0 Å². The maximum absolute atomic E-state index is 12.7. The lowest BCUT2D eigenvalue weighted by Gasteiger charge is -2.30. The van der Waals surface area contributed by atoms with E-state index in [0.29, 0.717) is 18.2 Å². The Labute approximate surface area is 180 Å². The summed E-state index contributed by atoms with van der Waals surface area (Å²) in [6.45, 7) is 9.52. The number of nitrogens with zero attached hydrogens (tertiary/aromatic N) is 2. The van der Waals surface area contributed by atoms with Crippen LogP contribution < -0.4 is 10.2 Å². The number of benzene rings is 1. The van der Waals surface area contributed by atoms with Crippen LogP contribution in [0, 0.1) is 5.92 Å². The SMILES string of the molecule is CC1CCN(CCCCNC(=O)c2ccoc2CN2c3ccccc3CC2C)CC1. The summed E-state index contributed by atoms with van der Waals surface area (Å²) in [5.74, 6) is 1.60. The highest BCUT2D eigenvalue weighted by atomic mass is 16.3. The molecule has 4 rings (SSSR count). The largest absolute Gasteiger partial charge is 0.467 e. The van der Waals surface area contributed by atoms with Crippen LogP contribution in [0.5, 0.6) is 0 Å². The number of nitrogens with one attached hydrogen (secondary N) is 1. The van der Waals surface area contributed by atoms with Crippen molar-refractivity contribution in [1.82, 2.24) is 10.2 Å². The van der Waals surface area contributed by atoms with Crippen LogP contribution in [0.1, 0.15) is 61.2 Å². The van der Waals surface area contributed by atoms with Gasteiger partial charge in [-0.1, -0.05) is 25.1 Å². The number of rotatable bonds is 8. The summed E-state index contributed by atoms with van der Waals surface area (Å²) in [5.41, 5.74) is 3.28. The second-order valence-corrected chi connectivity index (χ2v) is 9.05. The number of fused-ring (bicyclic) bond motifs is 1.